The molecule has 0 aliphatic carbocycles. The number of rotatable bonds is 7. The van der Waals surface area contributed by atoms with Crippen LogP contribution in [0.1, 0.15) is 18.1 Å². The van der Waals surface area contributed by atoms with Gasteiger partial charge in [-0.3, -0.25) is 4.79 Å². The maximum absolute atomic E-state index is 12.5. The quantitative estimate of drug-likeness (QED) is 0.587. The van der Waals surface area contributed by atoms with Crippen LogP contribution in [0.15, 0.2) is 47.6 Å². The number of hydrogen-bond acceptors (Lipinski definition) is 5. The van der Waals surface area contributed by atoms with Crippen LogP contribution in [0.3, 0.4) is 0 Å². The molecule has 0 saturated heterocycles. The van der Waals surface area contributed by atoms with Crippen LogP contribution in [0.25, 0.3) is 11.4 Å². The van der Waals surface area contributed by atoms with Crippen LogP contribution in [0.4, 0.5) is 11.4 Å². The fourth-order valence-electron chi connectivity index (χ4n) is 3.12. The SMILES string of the molecule is CCn1c(SCC(=O)Nc2c(C)cccc2C)nnc1-c1ccc(N(C)C)cc1. The second-order valence-electron chi connectivity index (χ2n) is 7.10. The summed E-state index contributed by atoms with van der Waals surface area (Å²) in [5, 5.41) is 12.5. The van der Waals surface area contributed by atoms with E-state index in [1.54, 1.807) is 0 Å². The van der Waals surface area contributed by atoms with Crippen molar-refractivity contribution in [1.82, 2.24) is 14.8 Å². The van der Waals surface area contributed by atoms with Gasteiger partial charge in [0.25, 0.3) is 0 Å². The number of aromatic nitrogens is 3. The lowest BCUT2D eigenvalue weighted by molar-refractivity contribution is -0.113. The fourth-order valence-corrected chi connectivity index (χ4v) is 3.92. The molecule has 0 fully saturated rings. The molecule has 2 aromatic carbocycles. The van der Waals surface area contributed by atoms with Gasteiger partial charge < -0.3 is 14.8 Å². The number of carbonyl (C=O) groups is 1. The Kier molecular flexibility index (Phi) is 6.59. The highest BCUT2D eigenvalue weighted by Gasteiger charge is 2.15. The van der Waals surface area contributed by atoms with E-state index in [1.165, 1.54) is 11.8 Å². The average Bonchev–Trinajstić information content (AvgIpc) is 3.12. The highest BCUT2D eigenvalue weighted by molar-refractivity contribution is 7.99. The summed E-state index contributed by atoms with van der Waals surface area (Å²) in [5.41, 5.74) is 5.15. The summed E-state index contributed by atoms with van der Waals surface area (Å²) >= 11 is 1.40. The number of carbonyl (C=O) groups excluding carboxylic acids is 1. The van der Waals surface area contributed by atoms with Crippen molar-refractivity contribution >= 4 is 29.0 Å². The topological polar surface area (TPSA) is 63.1 Å². The number of para-hydroxylation sites is 1. The number of benzene rings is 2. The summed E-state index contributed by atoms with van der Waals surface area (Å²) in [6, 6.07) is 14.2. The van der Waals surface area contributed by atoms with Crippen LogP contribution in [0.2, 0.25) is 0 Å². The van der Waals surface area contributed by atoms with Gasteiger partial charge in [0.1, 0.15) is 0 Å². The zero-order valence-electron chi connectivity index (χ0n) is 17.6. The molecule has 7 heteroatoms. The Morgan fingerprint density at radius 2 is 1.72 bits per heavy atom. The van der Waals surface area contributed by atoms with Crippen molar-refractivity contribution in [3.8, 4) is 11.4 Å². The molecular weight excluding hydrogens is 382 g/mol. The van der Waals surface area contributed by atoms with Crippen LogP contribution in [-0.4, -0.2) is 40.5 Å². The third-order valence-corrected chi connectivity index (χ3v) is 5.72. The molecule has 1 heterocycles. The second-order valence-corrected chi connectivity index (χ2v) is 8.04. The second kappa shape index (κ2) is 9.13. The molecule has 1 aromatic heterocycles. The Morgan fingerprint density at radius 1 is 1.07 bits per heavy atom. The largest absolute Gasteiger partial charge is 0.378 e. The number of anilines is 2. The van der Waals surface area contributed by atoms with Crippen molar-refractivity contribution in [3.05, 3.63) is 53.6 Å². The Hall–Kier alpha value is -2.80. The molecule has 29 heavy (non-hydrogen) atoms. The van der Waals surface area contributed by atoms with E-state index >= 15 is 0 Å². The molecule has 0 aliphatic heterocycles. The number of hydrogen-bond donors (Lipinski definition) is 1. The number of nitrogens with one attached hydrogen (secondary N) is 1. The average molecular weight is 410 g/mol. The third kappa shape index (κ3) is 4.79. The van der Waals surface area contributed by atoms with Gasteiger partial charge in [-0.2, -0.15) is 0 Å². The summed E-state index contributed by atoms with van der Waals surface area (Å²) < 4.78 is 2.04. The first-order valence-electron chi connectivity index (χ1n) is 9.60. The van der Waals surface area contributed by atoms with Gasteiger partial charge in [-0.1, -0.05) is 30.0 Å². The molecule has 0 saturated carbocycles. The lowest BCUT2D eigenvalue weighted by Gasteiger charge is -2.13. The summed E-state index contributed by atoms with van der Waals surface area (Å²) in [6.45, 7) is 6.79. The van der Waals surface area contributed by atoms with Crippen molar-refractivity contribution in [3.63, 3.8) is 0 Å². The smallest absolute Gasteiger partial charge is 0.234 e. The first kappa shape index (κ1) is 20.9. The molecule has 3 aromatic rings. The molecule has 0 unspecified atom stereocenters. The molecule has 0 bridgehead atoms. The summed E-state index contributed by atoms with van der Waals surface area (Å²) in [5.74, 6) is 1.05. The molecule has 0 aliphatic rings. The van der Waals surface area contributed by atoms with E-state index in [-0.39, 0.29) is 11.7 Å². The minimum absolute atomic E-state index is 0.0464. The minimum atomic E-state index is -0.0464. The van der Waals surface area contributed by atoms with Gasteiger partial charge in [-0.05, 0) is 56.2 Å². The summed E-state index contributed by atoms with van der Waals surface area (Å²) in [6.07, 6.45) is 0. The number of nitrogens with zero attached hydrogens (tertiary/aromatic N) is 4. The van der Waals surface area contributed by atoms with Gasteiger partial charge in [-0.25, -0.2) is 0 Å². The fraction of sp³-hybridized carbons (Fsp3) is 0.318. The summed E-state index contributed by atoms with van der Waals surface area (Å²) in [4.78, 5) is 14.5. The first-order chi connectivity index (χ1) is 13.9. The van der Waals surface area contributed by atoms with E-state index in [2.05, 4.69) is 39.5 Å². The van der Waals surface area contributed by atoms with Crippen LogP contribution in [-0.2, 0) is 11.3 Å². The van der Waals surface area contributed by atoms with Gasteiger partial charge in [-0.15, -0.1) is 10.2 Å². The minimum Gasteiger partial charge on any atom is -0.378 e. The zero-order valence-corrected chi connectivity index (χ0v) is 18.4. The Bertz CT molecular complexity index is 975. The molecule has 1 amide bonds. The van der Waals surface area contributed by atoms with Crippen LogP contribution >= 0.6 is 11.8 Å². The van der Waals surface area contributed by atoms with Crippen molar-refractivity contribution < 1.29 is 4.79 Å². The molecule has 0 radical (unpaired) electrons. The van der Waals surface area contributed by atoms with Gasteiger partial charge in [0.05, 0.1) is 5.75 Å². The lowest BCUT2D eigenvalue weighted by atomic mass is 10.1. The molecule has 152 valence electrons. The van der Waals surface area contributed by atoms with Gasteiger partial charge >= 0.3 is 0 Å². The van der Waals surface area contributed by atoms with Gasteiger partial charge in [0.15, 0.2) is 11.0 Å². The number of aryl methyl sites for hydroxylation is 2. The van der Waals surface area contributed by atoms with E-state index in [1.807, 2.05) is 62.8 Å². The lowest BCUT2D eigenvalue weighted by Crippen LogP contribution is -2.16. The van der Waals surface area contributed by atoms with Crippen molar-refractivity contribution in [1.29, 1.82) is 0 Å². The van der Waals surface area contributed by atoms with E-state index < -0.39 is 0 Å². The molecule has 3 rings (SSSR count). The van der Waals surface area contributed by atoms with E-state index in [0.29, 0.717) is 0 Å². The van der Waals surface area contributed by atoms with E-state index in [9.17, 15) is 4.79 Å². The maximum atomic E-state index is 12.5. The Balaban J connectivity index is 1.71. The molecule has 1 N–H and O–H groups in total. The third-order valence-electron chi connectivity index (χ3n) is 4.75. The molecular formula is C22H27N5OS. The molecule has 6 nitrogen and oxygen atoms in total. The summed E-state index contributed by atoms with van der Waals surface area (Å²) in [7, 11) is 4.03. The standard InChI is InChI=1S/C22H27N5OS/c1-6-27-21(17-10-12-18(13-11-17)26(4)5)24-25-22(27)29-14-19(28)23-20-15(2)8-7-9-16(20)3/h7-13H,6,14H2,1-5H3,(H,23,28). The van der Waals surface area contributed by atoms with Crippen LogP contribution < -0.4 is 10.2 Å². The van der Waals surface area contributed by atoms with Crippen molar-refractivity contribution in [2.75, 3.05) is 30.1 Å². The van der Waals surface area contributed by atoms with E-state index in [0.717, 1.165) is 45.6 Å². The van der Waals surface area contributed by atoms with E-state index in [4.69, 9.17) is 0 Å². The number of amides is 1. The van der Waals surface area contributed by atoms with Gasteiger partial charge in [0.2, 0.25) is 5.91 Å². The highest BCUT2D eigenvalue weighted by Crippen LogP contribution is 2.26. The van der Waals surface area contributed by atoms with Crippen molar-refractivity contribution in [2.45, 2.75) is 32.5 Å². The van der Waals surface area contributed by atoms with Crippen LogP contribution in [0, 0.1) is 13.8 Å². The molecule has 0 atom stereocenters. The predicted octanol–water partition coefficient (Wildman–Crippen LogP) is 4.38. The maximum Gasteiger partial charge on any atom is 0.234 e. The van der Waals surface area contributed by atoms with Crippen LogP contribution in [0.5, 0.6) is 0 Å². The highest BCUT2D eigenvalue weighted by atomic mass is 32.2. The molecule has 0 spiro atoms. The monoisotopic (exact) mass is 409 g/mol. The normalized spacial score (nSPS) is 10.8. The Morgan fingerprint density at radius 3 is 2.31 bits per heavy atom. The zero-order chi connectivity index (χ0) is 21.0. The predicted molar refractivity (Wildman–Crippen MR) is 121 cm³/mol. The van der Waals surface area contributed by atoms with Gasteiger partial charge in [0, 0.05) is 37.6 Å². The number of thioether (sulfide) groups is 1. The van der Waals surface area contributed by atoms with Crippen molar-refractivity contribution in [2.24, 2.45) is 0 Å². The Labute approximate surface area is 176 Å². The first-order valence-corrected chi connectivity index (χ1v) is 10.6.